The second-order valence-corrected chi connectivity index (χ2v) is 9.60. The van der Waals surface area contributed by atoms with Crippen molar-refractivity contribution in [2.24, 2.45) is 29.1 Å². The minimum Gasteiger partial charge on any atom is -0.366 e. The molecular weight excluding hydrogens is 308 g/mol. The van der Waals surface area contributed by atoms with Gasteiger partial charge in [-0.2, -0.15) is 0 Å². The van der Waals surface area contributed by atoms with Crippen LogP contribution in [0.3, 0.4) is 0 Å². The number of carbonyl (C=O) groups excluding carboxylic acids is 1. The van der Waals surface area contributed by atoms with E-state index in [1.54, 1.807) is 11.1 Å². The summed E-state index contributed by atoms with van der Waals surface area (Å²) in [6.07, 6.45) is 14.9. The summed E-state index contributed by atoms with van der Waals surface area (Å²) in [7, 11) is 0. The summed E-state index contributed by atoms with van der Waals surface area (Å²) in [5.74, 6) is 3.65. The van der Waals surface area contributed by atoms with Gasteiger partial charge >= 0.3 is 0 Å². The topological polar surface area (TPSA) is 26.3 Å². The Hall–Kier alpha value is -0.890. The van der Waals surface area contributed by atoms with E-state index in [2.05, 4.69) is 26.0 Å². The van der Waals surface area contributed by atoms with Gasteiger partial charge in [0.05, 0.1) is 12.2 Å². The lowest BCUT2D eigenvalue weighted by Gasteiger charge is -2.56. The number of ketones is 1. The van der Waals surface area contributed by atoms with Gasteiger partial charge in [0.25, 0.3) is 0 Å². The van der Waals surface area contributed by atoms with Gasteiger partial charge in [-0.25, -0.2) is 0 Å². The lowest BCUT2D eigenvalue weighted by atomic mass is 9.49. The van der Waals surface area contributed by atoms with Crippen molar-refractivity contribution in [3.63, 3.8) is 0 Å². The Labute approximate surface area is 152 Å². The van der Waals surface area contributed by atoms with Crippen LogP contribution in [-0.4, -0.2) is 18.0 Å². The van der Waals surface area contributed by atoms with E-state index in [4.69, 9.17) is 4.74 Å². The van der Waals surface area contributed by atoms with Crippen molar-refractivity contribution in [3.8, 4) is 0 Å². The Morgan fingerprint density at radius 2 is 2.12 bits per heavy atom. The number of hydrogen-bond acceptors (Lipinski definition) is 2. The highest BCUT2D eigenvalue weighted by molar-refractivity contribution is 5.82. The lowest BCUT2D eigenvalue weighted by Crippen LogP contribution is -2.52. The third kappa shape index (κ3) is 2.10. The number of ether oxygens (including phenoxy) is 1. The summed E-state index contributed by atoms with van der Waals surface area (Å²) < 4.78 is 6.38. The van der Waals surface area contributed by atoms with Gasteiger partial charge in [-0.15, -0.1) is 0 Å². The summed E-state index contributed by atoms with van der Waals surface area (Å²) in [5.41, 5.74) is 3.62. The number of hydrogen-bond donors (Lipinski definition) is 0. The molecular formula is C23H32O2. The molecule has 0 radical (unpaired) electrons. The van der Waals surface area contributed by atoms with E-state index in [-0.39, 0.29) is 5.60 Å². The average Bonchev–Trinajstić information content (AvgIpc) is 3.20. The van der Waals surface area contributed by atoms with Gasteiger partial charge in [0.1, 0.15) is 5.78 Å². The zero-order chi connectivity index (χ0) is 17.2. The van der Waals surface area contributed by atoms with Gasteiger partial charge in [0, 0.05) is 18.3 Å². The van der Waals surface area contributed by atoms with Gasteiger partial charge in [-0.3, -0.25) is 4.79 Å². The third-order valence-electron chi connectivity index (χ3n) is 8.90. The number of rotatable bonds is 1. The molecule has 0 amide bonds. The molecule has 1 spiro atoms. The summed E-state index contributed by atoms with van der Waals surface area (Å²) in [5, 5.41) is 0. The maximum Gasteiger partial charge on any atom is 0.137 e. The minimum absolute atomic E-state index is 0.0259. The van der Waals surface area contributed by atoms with Crippen molar-refractivity contribution in [2.75, 3.05) is 6.61 Å². The first kappa shape index (κ1) is 16.3. The molecule has 5 aliphatic rings. The predicted octanol–water partition coefficient (Wildman–Crippen LogP) is 5.23. The lowest BCUT2D eigenvalue weighted by molar-refractivity contribution is -0.120. The largest absolute Gasteiger partial charge is 0.366 e. The first-order valence-corrected chi connectivity index (χ1v) is 10.6. The van der Waals surface area contributed by atoms with Crippen LogP contribution >= 0.6 is 0 Å². The molecule has 0 aromatic rings. The van der Waals surface area contributed by atoms with Crippen LogP contribution in [0.2, 0.25) is 0 Å². The number of carbonyl (C=O) groups is 1. The van der Waals surface area contributed by atoms with Crippen LogP contribution < -0.4 is 0 Å². The molecule has 0 unspecified atom stereocenters. The van der Waals surface area contributed by atoms with Gasteiger partial charge < -0.3 is 4.74 Å². The second-order valence-electron chi connectivity index (χ2n) is 9.60. The number of fused-ring (bicyclic) bond motifs is 5. The van der Waals surface area contributed by atoms with Gasteiger partial charge in [0.15, 0.2) is 0 Å². The third-order valence-corrected chi connectivity index (χ3v) is 8.90. The average molecular weight is 341 g/mol. The van der Waals surface area contributed by atoms with E-state index < -0.39 is 0 Å². The first-order valence-electron chi connectivity index (χ1n) is 10.6. The Balaban J connectivity index is 1.54. The molecule has 0 aromatic carbocycles. The van der Waals surface area contributed by atoms with Crippen LogP contribution in [0.25, 0.3) is 0 Å². The SMILES string of the molecule is CC[C@@H]1CC2=C(CCC(=O)C2)[C@H]2CC[C@@]3(C)[C@@H](CC[C@@]34C=CCO4)[C@H]12. The first-order chi connectivity index (χ1) is 12.1. The minimum atomic E-state index is 0.0259. The maximum atomic E-state index is 12.0. The zero-order valence-corrected chi connectivity index (χ0v) is 15.9. The fourth-order valence-electron chi connectivity index (χ4n) is 7.70. The molecule has 136 valence electrons. The molecule has 1 aliphatic heterocycles. The predicted molar refractivity (Wildman–Crippen MR) is 99.2 cm³/mol. The molecule has 1 heterocycles. The normalized spacial score (nSPS) is 48.6. The molecule has 0 bridgehead atoms. The summed E-state index contributed by atoms with van der Waals surface area (Å²) in [6, 6.07) is 0. The fraction of sp³-hybridized carbons (Fsp3) is 0.783. The van der Waals surface area contributed by atoms with E-state index in [1.807, 2.05) is 0 Å². The number of Topliss-reactive ketones (excluding diaryl/α,β-unsaturated/α-hetero) is 1. The van der Waals surface area contributed by atoms with Crippen LogP contribution in [0.4, 0.5) is 0 Å². The second kappa shape index (κ2) is 5.55. The van der Waals surface area contributed by atoms with Gasteiger partial charge in [0.2, 0.25) is 0 Å². The Morgan fingerprint density at radius 3 is 2.88 bits per heavy atom. The van der Waals surface area contributed by atoms with E-state index in [0.29, 0.717) is 11.2 Å². The molecule has 2 saturated carbocycles. The van der Waals surface area contributed by atoms with Crippen molar-refractivity contribution >= 4 is 5.78 Å². The molecule has 5 rings (SSSR count). The standard InChI is InChI=1S/C23H32O2/c1-3-15-13-16-14-17(24)5-6-18(16)19-7-10-22(2)20(21(15)19)8-11-23(22)9-4-12-25-23/h4,9,15,19-21H,3,5-8,10-14H2,1-2H3/t15-,19-,20+,21-,22+,23+/m1/s1. The number of allylic oxidation sites excluding steroid dienone is 2. The van der Waals surface area contributed by atoms with E-state index in [1.165, 1.54) is 38.5 Å². The van der Waals surface area contributed by atoms with Crippen molar-refractivity contribution < 1.29 is 9.53 Å². The molecule has 0 N–H and O–H groups in total. The highest BCUT2D eigenvalue weighted by atomic mass is 16.5. The van der Waals surface area contributed by atoms with E-state index in [0.717, 1.165) is 49.5 Å². The molecule has 25 heavy (non-hydrogen) atoms. The Bertz CT molecular complexity index is 659. The summed E-state index contributed by atoms with van der Waals surface area (Å²) in [4.78, 5) is 12.0. The molecule has 0 aromatic heterocycles. The molecule has 6 atom stereocenters. The molecule has 0 saturated heterocycles. The quantitative estimate of drug-likeness (QED) is 0.611. The van der Waals surface area contributed by atoms with E-state index >= 15 is 0 Å². The Kier molecular flexibility index (Phi) is 3.62. The van der Waals surface area contributed by atoms with Crippen LogP contribution in [0, 0.1) is 29.1 Å². The highest BCUT2D eigenvalue weighted by Crippen LogP contribution is 2.67. The van der Waals surface area contributed by atoms with Crippen LogP contribution in [0.15, 0.2) is 23.3 Å². The molecule has 2 heteroatoms. The van der Waals surface area contributed by atoms with Crippen molar-refractivity contribution in [3.05, 3.63) is 23.3 Å². The maximum absolute atomic E-state index is 12.0. The van der Waals surface area contributed by atoms with Crippen LogP contribution in [0.5, 0.6) is 0 Å². The Morgan fingerprint density at radius 1 is 1.24 bits per heavy atom. The van der Waals surface area contributed by atoms with E-state index in [9.17, 15) is 4.79 Å². The monoisotopic (exact) mass is 340 g/mol. The fourth-order valence-corrected chi connectivity index (χ4v) is 7.70. The molecule has 4 aliphatic carbocycles. The zero-order valence-electron chi connectivity index (χ0n) is 15.9. The smallest absolute Gasteiger partial charge is 0.137 e. The van der Waals surface area contributed by atoms with Crippen molar-refractivity contribution in [1.29, 1.82) is 0 Å². The van der Waals surface area contributed by atoms with Crippen molar-refractivity contribution in [2.45, 2.75) is 77.2 Å². The van der Waals surface area contributed by atoms with Gasteiger partial charge in [-0.05, 0) is 62.2 Å². The van der Waals surface area contributed by atoms with Crippen LogP contribution in [0.1, 0.15) is 71.6 Å². The van der Waals surface area contributed by atoms with Crippen molar-refractivity contribution in [1.82, 2.24) is 0 Å². The summed E-state index contributed by atoms with van der Waals surface area (Å²) in [6.45, 7) is 5.73. The highest BCUT2D eigenvalue weighted by Gasteiger charge is 2.63. The van der Waals surface area contributed by atoms with Crippen LogP contribution in [-0.2, 0) is 9.53 Å². The molecule has 2 nitrogen and oxygen atoms in total. The molecule has 2 fully saturated rings. The summed E-state index contributed by atoms with van der Waals surface area (Å²) >= 11 is 0. The van der Waals surface area contributed by atoms with Gasteiger partial charge in [-0.1, -0.05) is 43.6 Å².